The number of benzene rings is 3. The lowest BCUT2D eigenvalue weighted by Crippen LogP contribution is -2.13. The molecule has 6 heteroatoms. The van der Waals surface area contributed by atoms with E-state index in [9.17, 15) is 0 Å². The fourth-order valence-electron chi connectivity index (χ4n) is 3.30. The van der Waals surface area contributed by atoms with Crippen LogP contribution in [0.5, 0.6) is 5.75 Å². The van der Waals surface area contributed by atoms with E-state index in [1.165, 1.54) is 11.1 Å². The van der Waals surface area contributed by atoms with Gasteiger partial charge >= 0.3 is 0 Å². The molecule has 4 aromatic rings. The molecule has 0 amide bonds. The van der Waals surface area contributed by atoms with E-state index in [0.29, 0.717) is 5.82 Å². The fourth-order valence-corrected chi connectivity index (χ4v) is 4.14. The summed E-state index contributed by atoms with van der Waals surface area (Å²) >= 11 is 1.64. The molecule has 0 saturated carbocycles. The van der Waals surface area contributed by atoms with Gasteiger partial charge < -0.3 is 4.74 Å². The zero-order valence-corrected chi connectivity index (χ0v) is 16.6. The molecule has 29 heavy (non-hydrogen) atoms. The molecule has 0 unspecified atom stereocenters. The number of thioether (sulfide) groups is 1. The van der Waals surface area contributed by atoms with Crippen LogP contribution >= 0.6 is 11.8 Å². The van der Waals surface area contributed by atoms with E-state index in [1.54, 1.807) is 18.9 Å². The van der Waals surface area contributed by atoms with Gasteiger partial charge in [0.25, 0.3) is 0 Å². The van der Waals surface area contributed by atoms with Crippen LogP contribution in [-0.4, -0.2) is 33.4 Å². The molecule has 0 bridgehead atoms. The Morgan fingerprint density at radius 2 is 1.52 bits per heavy atom. The monoisotopic (exact) mass is 398 g/mol. The molecule has 2 heterocycles. The maximum Gasteiger partial charge on any atom is 0.212 e. The quantitative estimate of drug-likeness (QED) is 0.487. The van der Waals surface area contributed by atoms with Crippen molar-refractivity contribution in [1.82, 2.24) is 14.9 Å². The topological polar surface area (TPSA) is 52.3 Å². The highest BCUT2D eigenvalue weighted by molar-refractivity contribution is 7.99. The summed E-state index contributed by atoms with van der Waals surface area (Å²) in [4.78, 5) is 0. The van der Waals surface area contributed by atoms with E-state index < -0.39 is 0 Å². The first-order valence-corrected chi connectivity index (χ1v) is 10.3. The molecule has 1 aromatic heterocycles. The van der Waals surface area contributed by atoms with Crippen LogP contribution in [-0.2, 0) is 0 Å². The van der Waals surface area contributed by atoms with Gasteiger partial charge in [-0.2, -0.15) is 9.78 Å². The van der Waals surface area contributed by atoms with Crippen LogP contribution in [0.25, 0.3) is 22.5 Å². The zero-order valence-electron chi connectivity index (χ0n) is 15.8. The Morgan fingerprint density at radius 3 is 2.31 bits per heavy atom. The average Bonchev–Trinajstić information content (AvgIpc) is 3.23. The molecule has 1 aliphatic heterocycles. The van der Waals surface area contributed by atoms with Gasteiger partial charge in [0, 0.05) is 11.3 Å². The molecule has 3 aromatic carbocycles. The summed E-state index contributed by atoms with van der Waals surface area (Å²) in [5, 5.41) is 14.3. The van der Waals surface area contributed by atoms with Crippen molar-refractivity contribution in [3.05, 3.63) is 84.4 Å². The van der Waals surface area contributed by atoms with Crippen molar-refractivity contribution in [1.29, 1.82) is 0 Å². The zero-order chi connectivity index (χ0) is 19.6. The van der Waals surface area contributed by atoms with Crippen LogP contribution in [0.1, 0.15) is 5.56 Å². The molecular formula is C23H18N4OS. The second kappa shape index (κ2) is 7.56. The fraction of sp³-hybridized carbons (Fsp3) is 0.0870. The van der Waals surface area contributed by atoms with Gasteiger partial charge in [0.2, 0.25) is 5.16 Å². The van der Waals surface area contributed by atoms with Gasteiger partial charge in [0.15, 0.2) is 5.82 Å². The van der Waals surface area contributed by atoms with Gasteiger partial charge in [0.1, 0.15) is 5.75 Å². The van der Waals surface area contributed by atoms with Crippen molar-refractivity contribution < 1.29 is 4.74 Å². The third-order valence-corrected chi connectivity index (χ3v) is 5.75. The highest BCUT2D eigenvalue weighted by Crippen LogP contribution is 2.30. The Labute approximate surface area is 173 Å². The Morgan fingerprint density at radius 1 is 0.793 bits per heavy atom. The van der Waals surface area contributed by atoms with Crippen LogP contribution in [0.3, 0.4) is 0 Å². The smallest absolute Gasteiger partial charge is 0.212 e. The van der Waals surface area contributed by atoms with Crippen molar-refractivity contribution >= 4 is 17.5 Å². The molecule has 0 fully saturated rings. The summed E-state index contributed by atoms with van der Waals surface area (Å²) in [6.07, 6.45) is 0. The van der Waals surface area contributed by atoms with Gasteiger partial charge in [-0.3, -0.25) is 0 Å². The number of fused-ring (bicyclic) bond motifs is 1. The van der Waals surface area contributed by atoms with Crippen LogP contribution in [0.4, 0.5) is 0 Å². The Balaban J connectivity index is 1.49. The first-order chi connectivity index (χ1) is 14.3. The van der Waals surface area contributed by atoms with Gasteiger partial charge in [-0.1, -0.05) is 78.5 Å². The molecule has 0 radical (unpaired) electrons. The minimum atomic E-state index is 0.713. The van der Waals surface area contributed by atoms with Crippen molar-refractivity contribution in [3.8, 4) is 28.3 Å². The van der Waals surface area contributed by atoms with Crippen LogP contribution < -0.4 is 4.74 Å². The molecule has 0 atom stereocenters. The van der Waals surface area contributed by atoms with Gasteiger partial charge in [-0.25, -0.2) is 0 Å². The minimum absolute atomic E-state index is 0.713. The molecule has 5 rings (SSSR count). The summed E-state index contributed by atoms with van der Waals surface area (Å²) in [7, 11) is 1.66. The summed E-state index contributed by atoms with van der Waals surface area (Å²) in [5.41, 5.74) is 5.44. The number of hydrogen-bond acceptors (Lipinski definition) is 5. The Bertz CT molecular complexity index is 1180. The van der Waals surface area contributed by atoms with E-state index in [-0.39, 0.29) is 0 Å². The maximum atomic E-state index is 5.34. The van der Waals surface area contributed by atoms with Crippen molar-refractivity contribution in [2.75, 3.05) is 12.9 Å². The van der Waals surface area contributed by atoms with E-state index in [4.69, 9.17) is 9.84 Å². The molecule has 5 nitrogen and oxygen atoms in total. The number of nitrogens with zero attached hydrogens (tertiary/aromatic N) is 4. The molecule has 0 N–H and O–H groups in total. The number of ether oxygens (including phenoxy) is 1. The molecule has 0 saturated heterocycles. The molecular weight excluding hydrogens is 380 g/mol. The van der Waals surface area contributed by atoms with E-state index in [0.717, 1.165) is 33.5 Å². The standard InChI is InChI=1S/C23H18N4OS/c1-28-20-9-5-8-19(14-20)22-24-25-23-27(22)26-21(15-29-23)18-12-10-17(11-13-18)16-6-3-2-4-7-16/h2-14H,15H2,1H3. The maximum absolute atomic E-state index is 5.34. The summed E-state index contributed by atoms with van der Waals surface area (Å²) in [6, 6.07) is 26.7. The third-order valence-electron chi connectivity index (χ3n) is 4.82. The summed E-state index contributed by atoms with van der Waals surface area (Å²) in [6.45, 7) is 0. The lowest BCUT2D eigenvalue weighted by Gasteiger charge is -2.14. The predicted molar refractivity (Wildman–Crippen MR) is 117 cm³/mol. The molecule has 142 valence electrons. The third kappa shape index (κ3) is 3.43. The van der Waals surface area contributed by atoms with Crippen molar-refractivity contribution in [2.45, 2.75) is 5.16 Å². The first-order valence-electron chi connectivity index (χ1n) is 9.28. The van der Waals surface area contributed by atoms with Gasteiger partial charge in [-0.05, 0) is 28.8 Å². The number of hydrogen-bond donors (Lipinski definition) is 0. The number of methoxy groups -OCH3 is 1. The van der Waals surface area contributed by atoms with Gasteiger partial charge in [-0.15, -0.1) is 10.2 Å². The lowest BCUT2D eigenvalue weighted by atomic mass is 10.0. The summed E-state index contributed by atoms with van der Waals surface area (Å²) < 4.78 is 7.16. The second-order valence-electron chi connectivity index (χ2n) is 6.63. The first kappa shape index (κ1) is 17.7. The van der Waals surface area contributed by atoms with Crippen molar-refractivity contribution in [2.24, 2.45) is 5.10 Å². The van der Waals surface area contributed by atoms with E-state index >= 15 is 0 Å². The van der Waals surface area contributed by atoms with E-state index in [2.05, 4.69) is 58.7 Å². The summed E-state index contributed by atoms with van der Waals surface area (Å²) in [5.74, 6) is 2.26. The van der Waals surface area contributed by atoms with E-state index in [1.807, 2.05) is 35.0 Å². The second-order valence-corrected chi connectivity index (χ2v) is 7.57. The molecule has 0 spiro atoms. The number of aromatic nitrogens is 3. The van der Waals surface area contributed by atoms with Crippen molar-refractivity contribution in [3.63, 3.8) is 0 Å². The Kier molecular flexibility index (Phi) is 4.62. The molecule has 0 aliphatic carbocycles. The molecule has 1 aliphatic rings. The largest absolute Gasteiger partial charge is 0.497 e. The number of rotatable bonds is 4. The van der Waals surface area contributed by atoms with Gasteiger partial charge in [0.05, 0.1) is 12.8 Å². The highest BCUT2D eigenvalue weighted by Gasteiger charge is 2.21. The van der Waals surface area contributed by atoms with Crippen LogP contribution in [0.2, 0.25) is 0 Å². The lowest BCUT2D eigenvalue weighted by molar-refractivity contribution is 0.415. The average molecular weight is 398 g/mol. The van der Waals surface area contributed by atoms with Crippen LogP contribution in [0, 0.1) is 0 Å². The highest BCUT2D eigenvalue weighted by atomic mass is 32.2. The normalized spacial score (nSPS) is 12.9. The SMILES string of the molecule is COc1cccc(-c2nnc3n2N=C(c2ccc(-c4ccccc4)cc2)CS3)c1. The van der Waals surface area contributed by atoms with Crippen LogP contribution in [0.15, 0.2) is 89.1 Å². The minimum Gasteiger partial charge on any atom is -0.497 e. The Hall–Kier alpha value is -3.38. The predicted octanol–water partition coefficient (Wildman–Crippen LogP) is 4.98.